The predicted molar refractivity (Wildman–Crippen MR) is 103 cm³/mol. The highest BCUT2D eigenvalue weighted by molar-refractivity contribution is 6.00. The average Bonchev–Trinajstić information content (AvgIpc) is 2.95. The number of carbonyl (C=O) groups excluding carboxylic acids is 3. The maximum atomic E-state index is 12.9. The molecule has 0 spiro atoms. The Morgan fingerprint density at radius 2 is 1.89 bits per heavy atom. The molecule has 0 saturated carbocycles. The van der Waals surface area contributed by atoms with Gasteiger partial charge < -0.3 is 19.9 Å². The monoisotopic (exact) mass is 377 g/mol. The topological polar surface area (TPSA) is 91.5 Å². The van der Waals surface area contributed by atoms with Crippen molar-refractivity contribution in [2.24, 2.45) is 5.92 Å². The van der Waals surface area contributed by atoms with Gasteiger partial charge in [0.2, 0.25) is 5.91 Å². The SMILES string of the molecule is CCCCNC(=O)CC1CCN(C(=O)c2[nH]c(C)c(C(=O)OC)c2C)CC1. The molecular weight excluding hydrogens is 346 g/mol. The van der Waals surface area contributed by atoms with E-state index in [4.69, 9.17) is 4.74 Å². The number of methoxy groups -OCH3 is 1. The van der Waals surface area contributed by atoms with Crippen LogP contribution in [0.15, 0.2) is 0 Å². The van der Waals surface area contributed by atoms with Gasteiger partial charge in [-0.25, -0.2) is 4.79 Å². The number of aromatic amines is 1. The van der Waals surface area contributed by atoms with E-state index in [-0.39, 0.29) is 11.8 Å². The van der Waals surface area contributed by atoms with E-state index in [2.05, 4.69) is 17.2 Å². The number of H-pyrrole nitrogens is 1. The third kappa shape index (κ3) is 5.11. The summed E-state index contributed by atoms with van der Waals surface area (Å²) in [6, 6.07) is 0. The van der Waals surface area contributed by atoms with Crippen molar-refractivity contribution in [2.75, 3.05) is 26.7 Å². The second kappa shape index (κ2) is 9.58. The molecule has 0 radical (unpaired) electrons. The van der Waals surface area contributed by atoms with Crippen molar-refractivity contribution in [3.63, 3.8) is 0 Å². The van der Waals surface area contributed by atoms with Gasteiger partial charge in [-0.2, -0.15) is 0 Å². The minimum Gasteiger partial charge on any atom is -0.465 e. The van der Waals surface area contributed by atoms with E-state index in [1.165, 1.54) is 7.11 Å². The number of hydrogen-bond acceptors (Lipinski definition) is 4. The van der Waals surface area contributed by atoms with E-state index in [0.29, 0.717) is 47.9 Å². The Morgan fingerprint density at radius 3 is 2.48 bits per heavy atom. The van der Waals surface area contributed by atoms with Crippen molar-refractivity contribution >= 4 is 17.8 Å². The van der Waals surface area contributed by atoms with Crippen LogP contribution in [-0.2, 0) is 9.53 Å². The van der Waals surface area contributed by atoms with Gasteiger partial charge in [-0.1, -0.05) is 13.3 Å². The van der Waals surface area contributed by atoms with Crippen LogP contribution in [0.3, 0.4) is 0 Å². The number of aryl methyl sites for hydroxylation is 1. The fourth-order valence-electron chi connectivity index (χ4n) is 3.61. The summed E-state index contributed by atoms with van der Waals surface area (Å²) in [5, 5.41) is 2.95. The fourth-order valence-corrected chi connectivity index (χ4v) is 3.61. The number of unbranched alkanes of at least 4 members (excludes halogenated alkanes) is 1. The zero-order chi connectivity index (χ0) is 20.0. The second-order valence-corrected chi connectivity index (χ2v) is 7.26. The summed E-state index contributed by atoms with van der Waals surface area (Å²) in [6.45, 7) is 7.60. The van der Waals surface area contributed by atoms with E-state index in [1.54, 1.807) is 18.7 Å². The zero-order valence-electron chi connectivity index (χ0n) is 16.8. The minimum atomic E-state index is -0.437. The second-order valence-electron chi connectivity index (χ2n) is 7.26. The van der Waals surface area contributed by atoms with E-state index in [9.17, 15) is 14.4 Å². The van der Waals surface area contributed by atoms with Crippen LogP contribution < -0.4 is 5.32 Å². The summed E-state index contributed by atoms with van der Waals surface area (Å²) < 4.78 is 4.80. The predicted octanol–water partition coefficient (Wildman–Crippen LogP) is 2.58. The molecule has 1 aromatic heterocycles. The number of hydrogen-bond donors (Lipinski definition) is 2. The van der Waals surface area contributed by atoms with Gasteiger partial charge >= 0.3 is 5.97 Å². The fraction of sp³-hybridized carbons (Fsp3) is 0.650. The van der Waals surface area contributed by atoms with Crippen molar-refractivity contribution in [1.82, 2.24) is 15.2 Å². The molecule has 1 aliphatic rings. The number of rotatable bonds is 7. The summed E-state index contributed by atoms with van der Waals surface area (Å²) in [5.41, 5.74) is 2.14. The van der Waals surface area contributed by atoms with Crippen molar-refractivity contribution in [3.8, 4) is 0 Å². The highest BCUT2D eigenvalue weighted by Gasteiger charge is 2.29. The van der Waals surface area contributed by atoms with Gasteiger partial charge in [-0.15, -0.1) is 0 Å². The first kappa shape index (κ1) is 21.0. The Balaban J connectivity index is 1.92. The van der Waals surface area contributed by atoms with Gasteiger partial charge in [0.15, 0.2) is 0 Å². The molecule has 2 heterocycles. The Labute approximate surface area is 160 Å². The van der Waals surface area contributed by atoms with Crippen molar-refractivity contribution in [2.45, 2.75) is 52.9 Å². The van der Waals surface area contributed by atoms with E-state index < -0.39 is 5.97 Å². The van der Waals surface area contributed by atoms with Gasteiger partial charge in [0.05, 0.1) is 12.7 Å². The number of piperidine rings is 1. The number of carbonyl (C=O) groups is 3. The summed E-state index contributed by atoms with van der Waals surface area (Å²) in [4.78, 5) is 41.6. The molecule has 0 aromatic carbocycles. The highest BCUT2D eigenvalue weighted by Crippen LogP contribution is 2.24. The van der Waals surface area contributed by atoms with E-state index in [1.807, 2.05) is 0 Å². The number of ether oxygens (including phenoxy) is 1. The first-order valence-electron chi connectivity index (χ1n) is 9.72. The van der Waals surface area contributed by atoms with Gasteiger partial charge in [0.1, 0.15) is 5.69 Å². The van der Waals surface area contributed by atoms with Crippen LogP contribution in [0.1, 0.15) is 71.1 Å². The first-order valence-corrected chi connectivity index (χ1v) is 9.72. The smallest absolute Gasteiger partial charge is 0.339 e. The number of nitrogens with one attached hydrogen (secondary N) is 2. The van der Waals surface area contributed by atoms with Crippen LogP contribution in [0.4, 0.5) is 0 Å². The van der Waals surface area contributed by atoms with Crippen LogP contribution >= 0.6 is 0 Å². The lowest BCUT2D eigenvalue weighted by Crippen LogP contribution is -2.40. The molecule has 1 aromatic rings. The summed E-state index contributed by atoms with van der Waals surface area (Å²) in [6.07, 6.45) is 4.22. The van der Waals surface area contributed by atoms with Gasteiger partial charge in [-0.3, -0.25) is 9.59 Å². The molecule has 0 aliphatic carbocycles. The molecule has 1 fully saturated rings. The quantitative estimate of drug-likeness (QED) is 0.564. The lowest BCUT2D eigenvalue weighted by atomic mass is 9.93. The van der Waals surface area contributed by atoms with Crippen LogP contribution in [0.25, 0.3) is 0 Å². The molecule has 2 rings (SSSR count). The van der Waals surface area contributed by atoms with Gasteiger partial charge in [-0.05, 0) is 44.6 Å². The number of amides is 2. The number of esters is 1. The van der Waals surface area contributed by atoms with Crippen LogP contribution in [-0.4, -0.2) is 54.4 Å². The van der Waals surface area contributed by atoms with Crippen LogP contribution in [0.2, 0.25) is 0 Å². The highest BCUT2D eigenvalue weighted by atomic mass is 16.5. The zero-order valence-corrected chi connectivity index (χ0v) is 16.8. The Morgan fingerprint density at radius 1 is 1.22 bits per heavy atom. The summed E-state index contributed by atoms with van der Waals surface area (Å²) in [7, 11) is 1.33. The molecule has 0 atom stereocenters. The largest absolute Gasteiger partial charge is 0.465 e. The van der Waals surface area contributed by atoms with E-state index in [0.717, 1.165) is 32.2 Å². The van der Waals surface area contributed by atoms with Crippen molar-refractivity contribution < 1.29 is 19.1 Å². The maximum absolute atomic E-state index is 12.9. The van der Waals surface area contributed by atoms with E-state index >= 15 is 0 Å². The maximum Gasteiger partial charge on any atom is 0.339 e. The van der Waals surface area contributed by atoms with Crippen LogP contribution in [0.5, 0.6) is 0 Å². The lowest BCUT2D eigenvalue weighted by molar-refractivity contribution is -0.122. The van der Waals surface area contributed by atoms with Gasteiger partial charge in [0, 0.05) is 31.7 Å². The lowest BCUT2D eigenvalue weighted by Gasteiger charge is -2.31. The third-order valence-electron chi connectivity index (χ3n) is 5.27. The Hall–Kier alpha value is -2.31. The Bertz CT molecular complexity index is 688. The molecule has 7 nitrogen and oxygen atoms in total. The minimum absolute atomic E-state index is 0.100. The molecule has 2 N–H and O–H groups in total. The van der Waals surface area contributed by atoms with Crippen molar-refractivity contribution in [3.05, 3.63) is 22.5 Å². The summed E-state index contributed by atoms with van der Waals surface area (Å²) >= 11 is 0. The number of aromatic nitrogens is 1. The molecule has 27 heavy (non-hydrogen) atoms. The average molecular weight is 377 g/mol. The summed E-state index contributed by atoms with van der Waals surface area (Å²) in [5.74, 6) is -0.121. The normalized spacial score (nSPS) is 14.9. The molecule has 7 heteroatoms. The third-order valence-corrected chi connectivity index (χ3v) is 5.27. The van der Waals surface area contributed by atoms with Crippen LogP contribution in [0, 0.1) is 19.8 Å². The molecular formula is C20H31N3O4. The first-order chi connectivity index (χ1) is 12.9. The molecule has 2 amide bonds. The Kier molecular flexibility index (Phi) is 7.45. The van der Waals surface area contributed by atoms with Crippen molar-refractivity contribution in [1.29, 1.82) is 0 Å². The number of nitrogens with zero attached hydrogens (tertiary/aromatic N) is 1. The number of likely N-dealkylation sites (tertiary alicyclic amines) is 1. The molecule has 150 valence electrons. The molecule has 1 saturated heterocycles. The van der Waals surface area contributed by atoms with Gasteiger partial charge in [0.25, 0.3) is 5.91 Å². The molecule has 0 bridgehead atoms. The molecule has 0 unspecified atom stereocenters. The molecule has 1 aliphatic heterocycles. The standard InChI is InChI=1S/C20H31N3O4/c1-5-6-9-21-16(24)12-15-7-10-23(11-8-15)19(25)18-13(2)17(14(3)22-18)20(26)27-4/h15,22H,5-12H2,1-4H3,(H,21,24).